The Morgan fingerprint density at radius 2 is 1.91 bits per heavy atom. The van der Waals surface area contributed by atoms with Gasteiger partial charge in [0.25, 0.3) is 0 Å². The highest BCUT2D eigenvalue weighted by Crippen LogP contribution is 2.26. The fourth-order valence-electron chi connectivity index (χ4n) is 1.92. The molecule has 2 aromatic carbocycles. The second-order valence-corrected chi connectivity index (χ2v) is 5.38. The molecule has 5 heteroatoms. The van der Waals surface area contributed by atoms with Gasteiger partial charge in [-0.25, -0.2) is 0 Å². The molecule has 0 saturated carbocycles. The maximum atomic E-state index is 12.3. The van der Waals surface area contributed by atoms with Crippen molar-refractivity contribution in [2.75, 3.05) is 14.2 Å². The van der Waals surface area contributed by atoms with Crippen molar-refractivity contribution in [2.24, 2.45) is 0 Å². The number of aromatic hydroxyl groups is 1. The molecule has 114 valence electrons. The van der Waals surface area contributed by atoms with Crippen molar-refractivity contribution in [3.8, 4) is 17.2 Å². The zero-order valence-electron chi connectivity index (χ0n) is 12.2. The van der Waals surface area contributed by atoms with E-state index in [1.165, 1.54) is 13.2 Å². The van der Waals surface area contributed by atoms with Gasteiger partial charge in [-0.15, -0.1) is 0 Å². The lowest BCUT2D eigenvalue weighted by molar-refractivity contribution is 0.104. The Labute approximate surface area is 137 Å². The van der Waals surface area contributed by atoms with Crippen LogP contribution >= 0.6 is 15.9 Å². The van der Waals surface area contributed by atoms with Crippen LogP contribution in [-0.4, -0.2) is 25.1 Å². The lowest BCUT2D eigenvalue weighted by atomic mass is 10.1. The molecule has 0 heterocycles. The lowest BCUT2D eigenvalue weighted by Gasteiger charge is -2.08. The van der Waals surface area contributed by atoms with E-state index in [1.807, 2.05) is 0 Å². The standard InChI is InChI=1S/C17H15BrO4/c1-21-13-5-6-14(17(10-13)22-2)16(20)7-3-11-9-12(18)4-8-15(11)19/h3-10,19H,1-2H3/b7-3+. The van der Waals surface area contributed by atoms with Crippen LogP contribution in [0, 0.1) is 0 Å². The van der Waals surface area contributed by atoms with Crippen molar-refractivity contribution in [2.45, 2.75) is 0 Å². The molecule has 0 spiro atoms. The van der Waals surface area contributed by atoms with E-state index in [4.69, 9.17) is 9.47 Å². The van der Waals surface area contributed by atoms with E-state index in [-0.39, 0.29) is 11.5 Å². The van der Waals surface area contributed by atoms with Crippen LogP contribution in [-0.2, 0) is 0 Å². The van der Waals surface area contributed by atoms with Crippen molar-refractivity contribution >= 4 is 27.8 Å². The maximum absolute atomic E-state index is 12.3. The number of carbonyl (C=O) groups excluding carboxylic acids is 1. The summed E-state index contributed by atoms with van der Waals surface area (Å²) < 4.78 is 11.1. The summed E-state index contributed by atoms with van der Waals surface area (Å²) in [7, 11) is 3.04. The molecule has 0 aromatic heterocycles. The zero-order chi connectivity index (χ0) is 16.1. The molecule has 2 rings (SSSR count). The van der Waals surface area contributed by atoms with Crippen LogP contribution in [0.2, 0.25) is 0 Å². The van der Waals surface area contributed by atoms with E-state index >= 15 is 0 Å². The molecule has 22 heavy (non-hydrogen) atoms. The summed E-state index contributed by atoms with van der Waals surface area (Å²) in [4.78, 5) is 12.3. The van der Waals surface area contributed by atoms with E-state index in [1.54, 1.807) is 49.6 Å². The number of ether oxygens (including phenoxy) is 2. The molecule has 0 aliphatic carbocycles. The number of rotatable bonds is 5. The maximum Gasteiger partial charge on any atom is 0.189 e. The van der Waals surface area contributed by atoms with E-state index in [2.05, 4.69) is 15.9 Å². The molecule has 4 nitrogen and oxygen atoms in total. The third-order valence-electron chi connectivity index (χ3n) is 3.08. The highest BCUT2D eigenvalue weighted by molar-refractivity contribution is 9.10. The van der Waals surface area contributed by atoms with Crippen molar-refractivity contribution in [3.63, 3.8) is 0 Å². The number of allylic oxidation sites excluding steroid dienone is 1. The van der Waals surface area contributed by atoms with E-state index in [0.29, 0.717) is 22.6 Å². The smallest absolute Gasteiger partial charge is 0.189 e. The molecule has 2 aromatic rings. The normalized spacial score (nSPS) is 10.7. The minimum Gasteiger partial charge on any atom is -0.507 e. The largest absolute Gasteiger partial charge is 0.507 e. The van der Waals surface area contributed by atoms with Gasteiger partial charge >= 0.3 is 0 Å². The summed E-state index contributed by atoms with van der Waals surface area (Å²) in [6.07, 6.45) is 2.96. The van der Waals surface area contributed by atoms with E-state index in [9.17, 15) is 9.90 Å². The fourth-order valence-corrected chi connectivity index (χ4v) is 2.29. The predicted molar refractivity (Wildman–Crippen MR) is 88.7 cm³/mol. The highest BCUT2D eigenvalue weighted by Gasteiger charge is 2.11. The van der Waals surface area contributed by atoms with Crippen LogP contribution < -0.4 is 9.47 Å². The molecule has 0 atom stereocenters. The Bertz CT molecular complexity index is 723. The average Bonchev–Trinajstić information content (AvgIpc) is 2.54. The summed E-state index contributed by atoms with van der Waals surface area (Å²) in [5.74, 6) is 0.933. The van der Waals surface area contributed by atoms with Crippen LogP contribution in [0.25, 0.3) is 6.08 Å². The third-order valence-corrected chi connectivity index (χ3v) is 3.57. The van der Waals surface area contributed by atoms with E-state index < -0.39 is 0 Å². The van der Waals surface area contributed by atoms with Crippen molar-refractivity contribution < 1.29 is 19.4 Å². The highest BCUT2D eigenvalue weighted by atomic mass is 79.9. The minimum absolute atomic E-state index is 0.106. The average molecular weight is 363 g/mol. The minimum atomic E-state index is -0.223. The first kappa shape index (κ1) is 16.1. The quantitative estimate of drug-likeness (QED) is 0.643. The number of hydrogen-bond acceptors (Lipinski definition) is 4. The molecule has 0 unspecified atom stereocenters. The first-order valence-corrected chi connectivity index (χ1v) is 7.27. The third kappa shape index (κ3) is 3.68. The fraction of sp³-hybridized carbons (Fsp3) is 0.118. The predicted octanol–water partition coefficient (Wildman–Crippen LogP) is 4.07. The van der Waals surface area contributed by atoms with Crippen molar-refractivity contribution in [3.05, 3.63) is 58.1 Å². The molecule has 1 N–H and O–H groups in total. The van der Waals surface area contributed by atoms with Crippen LogP contribution in [0.3, 0.4) is 0 Å². The van der Waals surface area contributed by atoms with Gasteiger partial charge in [0, 0.05) is 16.1 Å². The summed E-state index contributed by atoms with van der Waals surface area (Å²) in [6, 6.07) is 10.00. The lowest BCUT2D eigenvalue weighted by Crippen LogP contribution is -1.99. The molecule has 0 radical (unpaired) electrons. The Kier molecular flexibility index (Phi) is 5.22. The van der Waals surface area contributed by atoms with Crippen LogP contribution in [0.15, 0.2) is 46.9 Å². The van der Waals surface area contributed by atoms with Gasteiger partial charge in [0.1, 0.15) is 17.2 Å². The molecule has 0 bridgehead atoms. The summed E-state index contributed by atoms with van der Waals surface area (Å²) in [5, 5.41) is 9.76. The Morgan fingerprint density at radius 3 is 2.59 bits per heavy atom. The zero-order valence-corrected chi connectivity index (χ0v) is 13.8. The second kappa shape index (κ2) is 7.13. The van der Waals surface area contributed by atoms with Gasteiger partial charge in [0.15, 0.2) is 5.78 Å². The van der Waals surface area contributed by atoms with Gasteiger partial charge in [-0.05, 0) is 42.5 Å². The first-order valence-electron chi connectivity index (χ1n) is 6.48. The summed E-state index contributed by atoms with van der Waals surface area (Å²) >= 11 is 3.32. The van der Waals surface area contributed by atoms with Crippen LogP contribution in [0.1, 0.15) is 15.9 Å². The summed E-state index contributed by atoms with van der Waals surface area (Å²) in [6.45, 7) is 0. The number of phenols is 1. The van der Waals surface area contributed by atoms with Gasteiger partial charge in [0.2, 0.25) is 0 Å². The Balaban J connectivity index is 2.29. The van der Waals surface area contributed by atoms with Gasteiger partial charge < -0.3 is 14.6 Å². The SMILES string of the molecule is COc1ccc(C(=O)/C=C/c2cc(Br)ccc2O)c(OC)c1. The Morgan fingerprint density at radius 1 is 1.14 bits per heavy atom. The number of benzene rings is 2. The number of phenolic OH excluding ortho intramolecular Hbond substituents is 1. The van der Waals surface area contributed by atoms with Gasteiger partial charge in [-0.2, -0.15) is 0 Å². The number of halogens is 1. The van der Waals surface area contributed by atoms with Crippen molar-refractivity contribution in [1.82, 2.24) is 0 Å². The molecule has 0 aliphatic rings. The monoisotopic (exact) mass is 362 g/mol. The molecule has 0 aliphatic heterocycles. The molecule has 0 fully saturated rings. The number of methoxy groups -OCH3 is 2. The number of hydrogen-bond donors (Lipinski definition) is 1. The van der Waals surface area contributed by atoms with E-state index in [0.717, 1.165) is 4.47 Å². The summed E-state index contributed by atoms with van der Waals surface area (Å²) in [5.41, 5.74) is 0.976. The Hall–Kier alpha value is -2.27. The molecule has 0 saturated heterocycles. The molecule has 0 amide bonds. The van der Waals surface area contributed by atoms with Gasteiger partial charge in [-0.1, -0.05) is 15.9 Å². The number of carbonyl (C=O) groups is 1. The molecular formula is C17H15BrO4. The van der Waals surface area contributed by atoms with Crippen LogP contribution in [0.4, 0.5) is 0 Å². The van der Waals surface area contributed by atoms with Gasteiger partial charge in [0.05, 0.1) is 19.8 Å². The molecular weight excluding hydrogens is 348 g/mol. The second-order valence-electron chi connectivity index (χ2n) is 4.47. The number of ketones is 1. The van der Waals surface area contributed by atoms with Gasteiger partial charge in [-0.3, -0.25) is 4.79 Å². The van der Waals surface area contributed by atoms with Crippen molar-refractivity contribution in [1.29, 1.82) is 0 Å². The first-order chi connectivity index (χ1) is 10.5. The van der Waals surface area contributed by atoms with Crippen LogP contribution in [0.5, 0.6) is 17.2 Å². The topological polar surface area (TPSA) is 55.8 Å².